The van der Waals surface area contributed by atoms with Crippen LogP contribution >= 0.6 is 0 Å². The zero-order chi connectivity index (χ0) is 15.8. The molecule has 2 atom stereocenters. The van der Waals surface area contributed by atoms with Crippen LogP contribution in [0.3, 0.4) is 0 Å². The highest BCUT2D eigenvalue weighted by molar-refractivity contribution is 5.66. The Bertz CT molecular complexity index is 459. The second-order valence-electron chi connectivity index (χ2n) is 5.64. The Labute approximate surface area is 127 Å². The Kier molecular flexibility index (Phi) is 7.40. The van der Waals surface area contributed by atoms with E-state index in [-0.39, 0.29) is 12.5 Å². The molecule has 1 aromatic rings. The average Bonchev–Trinajstić information content (AvgIpc) is 2.44. The molecule has 1 rings (SSSR count). The Morgan fingerprint density at radius 2 is 2.00 bits per heavy atom. The Morgan fingerprint density at radius 3 is 2.57 bits per heavy atom. The highest BCUT2D eigenvalue weighted by Gasteiger charge is 2.21. The highest BCUT2D eigenvalue weighted by atomic mass is 16.4. The summed E-state index contributed by atoms with van der Waals surface area (Å²) in [5.74, 6) is -0.829. The van der Waals surface area contributed by atoms with Crippen molar-refractivity contribution in [3.63, 3.8) is 0 Å². The minimum atomic E-state index is -0.829. The molecular weight excluding hydrogens is 266 g/mol. The van der Waals surface area contributed by atoms with Gasteiger partial charge in [-0.3, -0.25) is 4.79 Å². The molecule has 0 saturated heterocycles. The fourth-order valence-corrected chi connectivity index (χ4v) is 2.30. The third-order valence-electron chi connectivity index (χ3n) is 3.86. The van der Waals surface area contributed by atoms with Gasteiger partial charge >= 0.3 is 5.97 Å². The molecule has 1 aromatic carbocycles. The molecule has 0 radical (unpaired) electrons. The molecule has 0 amide bonds. The number of hydrogen-bond donors (Lipinski definition) is 3. The maximum atomic E-state index is 10.8. The number of carboxylic acid groups (broad SMARTS) is 1. The Hall–Kier alpha value is -1.39. The number of carboxylic acids is 1. The van der Waals surface area contributed by atoms with E-state index in [9.17, 15) is 9.90 Å². The van der Waals surface area contributed by atoms with E-state index in [2.05, 4.69) is 12.2 Å². The van der Waals surface area contributed by atoms with Crippen molar-refractivity contribution in [2.75, 3.05) is 6.54 Å². The van der Waals surface area contributed by atoms with E-state index < -0.39 is 12.1 Å². The molecule has 0 saturated carbocycles. The standard InChI is InChI=1S/C17H27NO3/c1-4-5-10-18-15(8-9-16(19)20)17(21)14-7-6-12(2)13(3)11-14/h6-7,11,15,17-18,21H,4-5,8-10H2,1-3H3,(H,19,20). The highest BCUT2D eigenvalue weighted by Crippen LogP contribution is 2.22. The summed E-state index contributed by atoms with van der Waals surface area (Å²) in [6, 6.07) is 5.67. The molecule has 118 valence electrons. The molecule has 2 unspecified atom stereocenters. The summed E-state index contributed by atoms with van der Waals surface area (Å²) in [4.78, 5) is 10.8. The van der Waals surface area contributed by atoms with E-state index in [1.165, 1.54) is 5.56 Å². The number of aliphatic carboxylic acids is 1. The van der Waals surface area contributed by atoms with Crippen molar-refractivity contribution in [3.05, 3.63) is 34.9 Å². The summed E-state index contributed by atoms with van der Waals surface area (Å²) in [7, 11) is 0. The van der Waals surface area contributed by atoms with Gasteiger partial charge in [-0.15, -0.1) is 0 Å². The first-order valence-electron chi connectivity index (χ1n) is 7.66. The maximum absolute atomic E-state index is 10.8. The first-order chi connectivity index (χ1) is 9.95. The van der Waals surface area contributed by atoms with Crippen LogP contribution in [-0.2, 0) is 4.79 Å². The zero-order valence-electron chi connectivity index (χ0n) is 13.2. The molecule has 0 aliphatic carbocycles. The van der Waals surface area contributed by atoms with E-state index in [0.29, 0.717) is 6.42 Å². The van der Waals surface area contributed by atoms with Gasteiger partial charge in [0.15, 0.2) is 0 Å². The van der Waals surface area contributed by atoms with Crippen molar-refractivity contribution >= 4 is 5.97 Å². The third kappa shape index (κ3) is 5.86. The molecular formula is C17H27NO3. The quantitative estimate of drug-likeness (QED) is 0.612. The Morgan fingerprint density at radius 1 is 1.29 bits per heavy atom. The molecule has 21 heavy (non-hydrogen) atoms. The van der Waals surface area contributed by atoms with Crippen LogP contribution in [0.5, 0.6) is 0 Å². The van der Waals surface area contributed by atoms with Crippen LogP contribution in [0.25, 0.3) is 0 Å². The topological polar surface area (TPSA) is 69.6 Å². The van der Waals surface area contributed by atoms with Crippen molar-refractivity contribution in [2.24, 2.45) is 0 Å². The fraction of sp³-hybridized carbons (Fsp3) is 0.588. The summed E-state index contributed by atoms with van der Waals surface area (Å²) < 4.78 is 0. The Balaban J connectivity index is 2.78. The number of benzene rings is 1. The number of aryl methyl sites for hydroxylation is 2. The van der Waals surface area contributed by atoms with Gasteiger partial charge in [-0.1, -0.05) is 31.5 Å². The van der Waals surface area contributed by atoms with Crippen molar-refractivity contribution in [1.82, 2.24) is 5.32 Å². The van der Waals surface area contributed by atoms with Gasteiger partial charge in [0.05, 0.1) is 6.10 Å². The molecule has 0 aromatic heterocycles. The van der Waals surface area contributed by atoms with E-state index in [0.717, 1.165) is 30.5 Å². The van der Waals surface area contributed by atoms with Gasteiger partial charge in [0.2, 0.25) is 0 Å². The monoisotopic (exact) mass is 293 g/mol. The first-order valence-corrected chi connectivity index (χ1v) is 7.66. The van der Waals surface area contributed by atoms with Crippen LogP contribution in [0.15, 0.2) is 18.2 Å². The zero-order valence-corrected chi connectivity index (χ0v) is 13.2. The van der Waals surface area contributed by atoms with Gasteiger partial charge in [-0.2, -0.15) is 0 Å². The number of aliphatic hydroxyl groups excluding tert-OH is 1. The van der Waals surface area contributed by atoms with Crippen LogP contribution in [0.2, 0.25) is 0 Å². The molecule has 0 heterocycles. The summed E-state index contributed by atoms with van der Waals surface area (Å²) in [5, 5.41) is 22.7. The number of nitrogens with one attached hydrogen (secondary N) is 1. The smallest absolute Gasteiger partial charge is 0.303 e. The van der Waals surface area contributed by atoms with Crippen molar-refractivity contribution in [3.8, 4) is 0 Å². The molecule has 0 aliphatic rings. The normalized spacial score (nSPS) is 13.9. The lowest BCUT2D eigenvalue weighted by Gasteiger charge is -2.24. The second-order valence-corrected chi connectivity index (χ2v) is 5.64. The van der Waals surface area contributed by atoms with Crippen LogP contribution in [0, 0.1) is 13.8 Å². The summed E-state index contributed by atoms with van der Waals surface area (Å²) in [6.45, 7) is 6.95. The number of aliphatic hydroxyl groups is 1. The molecule has 3 N–H and O–H groups in total. The van der Waals surface area contributed by atoms with Crippen molar-refractivity contribution in [2.45, 2.75) is 58.6 Å². The van der Waals surface area contributed by atoms with Gasteiger partial charge in [-0.05, 0) is 49.9 Å². The third-order valence-corrected chi connectivity index (χ3v) is 3.86. The van der Waals surface area contributed by atoms with E-state index in [4.69, 9.17) is 5.11 Å². The van der Waals surface area contributed by atoms with Crippen molar-refractivity contribution in [1.29, 1.82) is 0 Å². The lowest BCUT2D eigenvalue weighted by molar-refractivity contribution is -0.137. The molecule has 0 aliphatic heterocycles. The van der Waals surface area contributed by atoms with Gasteiger partial charge in [0, 0.05) is 12.5 Å². The largest absolute Gasteiger partial charge is 0.481 e. The summed E-state index contributed by atoms with van der Waals surface area (Å²) >= 11 is 0. The molecule has 0 bridgehead atoms. The lowest BCUT2D eigenvalue weighted by atomic mass is 9.95. The molecule has 4 nitrogen and oxygen atoms in total. The lowest BCUT2D eigenvalue weighted by Crippen LogP contribution is -2.36. The molecule has 0 spiro atoms. The predicted octanol–water partition coefficient (Wildman–Crippen LogP) is 2.96. The maximum Gasteiger partial charge on any atom is 0.303 e. The second kappa shape index (κ2) is 8.80. The number of carbonyl (C=O) groups is 1. The number of unbranched alkanes of at least 4 members (excludes halogenated alkanes) is 1. The predicted molar refractivity (Wildman–Crippen MR) is 84.4 cm³/mol. The molecule has 0 fully saturated rings. The van der Waals surface area contributed by atoms with Crippen molar-refractivity contribution < 1.29 is 15.0 Å². The number of hydrogen-bond acceptors (Lipinski definition) is 3. The van der Waals surface area contributed by atoms with Gasteiger partial charge in [0.1, 0.15) is 0 Å². The minimum absolute atomic E-state index is 0.0612. The fourth-order valence-electron chi connectivity index (χ4n) is 2.30. The van der Waals surface area contributed by atoms with E-state index >= 15 is 0 Å². The van der Waals surface area contributed by atoms with Gasteiger partial charge < -0.3 is 15.5 Å². The van der Waals surface area contributed by atoms with E-state index in [1.54, 1.807) is 0 Å². The van der Waals surface area contributed by atoms with Gasteiger partial charge in [0.25, 0.3) is 0 Å². The van der Waals surface area contributed by atoms with Crippen LogP contribution in [0.4, 0.5) is 0 Å². The minimum Gasteiger partial charge on any atom is -0.481 e. The van der Waals surface area contributed by atoms with Crippen LogP contribution < -0.4 is 5.32 Å². The number of rotatable bonds is 9. The van der Waals surface area contributed by atoms with Gasteiger partial charge in [-0.25, -0.2) is 0 Å². The van der Waals surface area contributed by atoms with Crippen LogP contribution in [-0.4, -0.2) is 28.8 Å². The molecule has 4 heteroatoms. The first kappa shape index (κ1) is 17.7. The summed E-state index contributed by atoms with van der Waals surface area (Å²) in [5.41, 5.74) is 3.17. The van der Waals surface area contributed by atoms with Crippen LogP contribution in [0.1, 0.15) is 55.4 Å². The SMILES string of the molecule is CCCCNC(CCC(=O)O)C(O)c1ccc(C)c(C)c1. The summed E-state index contributed by atoms with van der Waals surface area (Å²) in [6.07, 6.45) is 1.89. The average molecular weight is 293 g/mol. The van der Waals surface area contributed by atoms with E-state index in [1.807, 2.05) is 32.0 Å².